The van der Waals surface area contributed by atoms with Gasteiger partial charge >= 0.3 is 6.03 Å². The molecule has 1 fully saturated rings. The number of imidazole rings is 1. The Morgan fingerprint density at radius 1 is 1.32 bits per heavy atom. The number of aromatic nitrogens is 4. The first-order valence-corrected chi connectivity index (χ1v) is 9.82. The second kappa shape index (κ2) is 7.77. The largest absolute Gasteiger partial charge is 0.378 e. The normalized spacial score (nSPS) is 14.6. The summed E-state index contributed by atoms with van der Waals surface area (Å²) < 4.78 is 5.45. The van der Waals surface area contributed by atoms with Crippen LogP contribution in [0.25, 0.3) is 22.6 Å². The average molecular weight is 401 g/mol. The Balaban J connectivity index is 1.64. The van der Waals surface area contributed by atoms with Gasteiger partial charge in [-0.05, 0) is 31.3 Å². The third kappa shape index (κ3) is 3.81. The molecule has 3 aromatic rings. The smallest absolute Gasteiger partial charge is 0.319 e. The quantitative estimate of drug-likeness (QED) is 0.499. The van der Waals surface area contributed by atoms with E-state index in [1.807, 2.05) is 19.9 Å². The molecule has 1 atom stereocenters. The van der Waals surface area contributed by atoms with E-state index in [9.17, 15) is 4.79 Å². The lowest BCUT2D eigenvalue weighted by atomic mass is 10.2. The summed E-state index contributed by atoms with van der Waals surface area (Å²) in [7, 11) is 2.79. The van der Waals surface area contributed by atoms with Crippen LogP contribution in [0.2, 0.25) is 0 Å². The van der Waals surface area contributed by atoms with E-state index in [0.29, 0.717) is 17.2 Å². The van der Waals surface area contributed by atoms with Gasteiger partial charge in [-0.3, -0.25) is 5.10 Å². The van der Waals surface area contributed by atoms with Crippen molar-refractivity contribution in [1.29, 1.82) is 0 Å². The van der Waals surface area contributed by atoms with E-state index >= 15 is 0 Å². The fraction of sp³-hybridized carbons (Fsp3) is 0.389. The summed E-state index contributed by atoms with van der Waals surface area (Å²) in [4.78, 5) is 22.4. The number of benzene rings is 1. The summed E-state index contributed by atoms with van der Waals surface area (Å²) >= 11 is 0. The molecule has 1 aliphatic rings. The number of nitrogens with one attached hydrogen (secondary N) is 4. The maximum atomic E-state index is 12.0. The molecular weight excluding hydrogens is 377 g/mol. The second-order valence-electron chi connectivity index (χ2n) is 7.02. The number of fused-ring (bicyclic) bond motifs is 1. The molecule has 0 aliphatic carbocycles. The lowest BCUT2D eigenvalue weighted by Gasteiger charge is -2.30. The zero-order valence-corrected chi connectivity index (χ0v) is 17.0. The Hall–Kier alpha value is -2.64. The topological polar surface area (TPSA) is 111 Å². The minimum Gasteiger partial charge on any atom is -0.378 e. The highest BCUT2D eigenvalue weighted by atomic mass is 31.0. The van der Waals surface area contributed by atoms with Crippen molar-refractivity contribution in [2.75, 3.05) is 36.5 Å². The van der Waals surface area contributed by atoms with Gasteiger partial charge in [-0.1, -0.05) is 0 Å². The minimum absolute atomic E-state index is 0.0423. The number of aromatic amines is 2. The fourth-order valence-corrected chi connectivity index (χ4v) is 3.66. The summed E-state index contributed by atoms with van der Waals surface area (Å²) in [6, 6.07) is 3.91. The molecular formula is C18H24N7O2P. The standard InChI is InChI=1S/C18H24N7O2P/c1-10(2)20-18(26)23-13-9-19-24-16(13)17-21-11-7-14(15(28)8-12(11)22-17)25-3-5-27-6-4-25/h7-10H,3-6,28H2,1-2H3,(H,19,24)(H,21,22)(H2,20,23,26). The molecule has 0 spiro atoms. The van der Waals surface area contributed by atoms with Gasteiger partial charge < -0.3 is 25.3 Å². The Bertz CT molecular complexity index is 991. The van der Waals surface area contributed by atoms with Crippen LogP contribution in [-0.2, 0) is 4.74 Å². The zero-order chi connectivity index (χ0) is 19.7. The van der Waals surface area contributed by atoms with Gasteiger partial charge in [0.05, 0.1) is 36.1 Å². The second-order valence-corrected chi connectivity index (χ2v) is 7.65. The SMILES string of the molecule is CC(C)NC(=O)Nc1cn[nH]c1-c1nc2cc(P)c(N3CCOCC3)cc2[nH]1. The molecule has 4 N–H and O–H groups in total. The molecule has 3 heterocycles. The number of carbonyl (C=O) groups is 1. The van der Waals surface area contributed by atoms with Gasteiger partial charge in [0.25, 0.3) is 0 Å². The molecule has 2 aromatic heterocycles. The number of morpholine rings is 1. The molecule has 4 rings (SSSR count). The van der Waals surface area contributed by atoms with E-state index in [2.05, 4.69) is 51.0 Å². The minimum atomic E-state index is -0.282. The molecule has 28 heavy (non-hydrogen) atoms. The number of ether oxygens (including phenoxy) is 1. The highest BCUT2D eigenvalue weighted by Crippen LogP contribution is 2.27. The zero-order valence-electron chi connectivity index (χ0n) is 15.9. The van der Waals surface area contributed by atoms with Crippen molar-refractivity contribution in [2.45, 2.75) is 19.9 Å². The molecule has 0 bridgehead atoms. The molecule has 1 saturated heterocycles. The third-order valence-corrected chi connectivity index (χ3v) is 4.99. The van der Waals surface area contributed by atoms with Crippen molar-refractivity contribution in [2.24, 2.45) is 0 Å². The molecule has 0 radical (unpaired) electrons. The molecule has 2 amide bonds. The summed E-state index contributed by atoms with van der Waals surface area (Å²) in [5.74, 6) is 0.621. The van der Waals surface area contributed by atoms with Crippen molar-refractivity contribution < 1.29 is 9.53 Å². The number of carbonyl (C=O) groups excluding carboxylic acids is 1. The lowest BCUT2D eigenvalue weighted by Crippen LogP contribution is -2.37. The maximum absolute atomic E-state index is 12.0. The van der Waals surface area contributed by atoms with Gasteiger partial charge in [0.1, 0.15) is 5.69 Å². The van der Waals surface area contributed by atoms with Gasteiger partial charge in [0.2, 0.25) is 0 Å². The van der Waals surface area contributed by atoms with Crippen LogP contribution < -0.4 is 20.8 Å². The van der Waals surface area contributed by atoms with Crippen molar-refractivity contribution >= 4 is 43.0 Å². The maximum Gasteiger partial charge on any atom is 0.319 e. The number of urea groups is 1. The van der Waals surface area contributed by atoms with Crippen LogP contribution in [0.3, 0.4) is 0 Å². The van der Waals surface area contributed by atoms with E-state index in [4.69, 9.17) is 4.74 Å². The highest BCUT2D eigenvalue weighted by molar-refractivity contribution is 7.28. The number of amides is 2. The number of hydrogen-bond acceptors (Lipinski definition) is 5. The van der Waals surface area contributed by atoms with E-state index in [0.717, 1.165) is 48.3 Å². The summed E-state index contributed by atoms with van der Waals surface area (Å²) in [5.41, 5.74) is 4.12. The monoisotopic (exact) mass is 401 g/mol. The Kier molecular flexibility index (Phi) is 5.19. The van der Waals surface area contributed by atoms with E-state index in [-0.39, 0.29) is 12.1 Å². The van der Waals surface area contributed by atoms with Crippen LogP contribution in [0.5, 0.6) is 0 Å². The number of rotatable bonds is 4. The molecule has 1 aromatic carbocycles. The molecule has 10 heteroatoms. The molecule has 1 aliphatic heterocycles. The van der Waals surface area contributed by atoms with E-state index in [1.54, 1.807) is 6.20 Å². The van der Waals surface area contributed by atoms with Gasteiger partial charge in [-0.25, -0.2) is 9.78 Å². The Morgan fingerprint density at radius 3 is 2.86 bits per heavy atom. The number of H-pyrrole nitrogens is 2. The molecule has 148 valence electrons. The van der Waals surface area contributed by atoms with Crippen molar-refractivity contribution in [3.8, 4) is 11.5 Å². The summed E-state index contributed by atoms with van der Waals surface area (Å²) in [6.07, 6.45) is 1.57. The van der Waals surface area contributed by atoms with Crippen LogP contribution in [0.1, 0.15) is 13.8 Å². The van der Waals surface area contributed by atoms with Crippen molar-refractivity contribution in [3.05, 3.63) is 18.3 Å². The van der Waals surface area contributed by atoms with Gasteiger partial charge in [0.15, 0.2) is 5.82 Å². The number of nitrogens with zero attached hydrogens (tertiary/aromatic N) is 3. The fourth-order valence-electron chi connectivity index (χ4n) is 3.24. The van der Waals surface area contributed by atoms with Crippen LogP contribution in [-0.4, -0.2) is 58.5 Å². The Morgan fingerprint density at radius 2 is 2.11 bits per heavy atom. The summed E-state index contributed by atoms with van der Waals surface area (Å²) in [5, 5.41) is 13.7. The first kappa shape index (κ1) is 18.7. The van der Waals surface area contributed by atoms with Crippen LogP contribution in [0.4, 0.5) is 16.2 Å². The average Bonchev–Trinajstić information content (AvgIpc) is 3.27. The van der Waals surface area contributed by atoms with Crippen LogP contribution in [0, 0.1) is 0 Å². The predicted octanol–water partition coefficient (Wildman–Crippen LogP) is 1.82. The van der Waals surface area contributed by atoms with E-state index < -0.39 is 0 Å². The van der Waals surface area contributed by atoms with Crippen LogP contribution >= 0.6 is 9.24 Å². The third-order valence-electron chi connectivity index (χ3n) is 4.53. The van der Waals surface area contributed by atoms with E-state index in [1.165, 1.54) is 0 Å². The molecule has 0 saturated carbocycles. The molecule has 1 unspecified atom stereocenters. The number of anilines is 2. The lowest BCUT2D eigenvalue weighted by molar-refractivity contribution is 0.123. The summed E-state index contributed by atoms with van der Waals surface area (Å²) in [6.45, 7) is 7.01. The first-order valence-electron chi connectivity index (χ1n) is 9.24. The first-order chi connectivity index (χ1) is 13.5. The highest BCUT2D eigenvalue weighted by Gasteiger charge is 2.18. The molecule has 9 nitrogen and oxygen atoms in total. The van der Waals surface area contributed by atoms with Crippen molar-refractivity contribution in [1.82, 2.24) is 25.5 Å². The Labute approximate surface area is 164 Å². The van der Waals surface area contributed by atoms with Crippen LogP contribution in [0.15, 0.2) is 18.3 Å². The van der Waals surface area contributed by atoms with Gasteiger partial charge in [0, 0.05) is 24.8 Å². The van der Waals surface area contributed by atoms with Crippen molar-refractivity contribution in [3.63, 3.8) is 0 Å². The number of hydrogen-bond donors (Lipinski definition) is 4. The predicted molar refractivity (Wildman–Crippen MR) is 113 cm³/mol. The van der Waals surface area contributed by atoms with Gasteiger partial charge in [-0.15, -0.1) is 9.24 Å². The van der Waals surface area contributed by atoms with Gasteiger partial charge in [-0.2, -0.15) is 5.10 Å².